The predicted octanol–water partition coefficient (Wildman–Crippen LogP) is 2.86. The average Bonchev–Trinajstić information content (AvgIpc) is 3.32. The van der Waals surface area contributed by atoms with E-state index in [2.05, 4.69) is 9.71 Å². The highest BCUT2D eigenvalue weighted by molar-refractivity contribution is 7.91. The number of nitrogens with zero attached hydrogens (tertiary/aromatic N) is 3. The molecule has 3 heterocycles. The Bertz CT molecular complexity index is 980. The number of fused-ring (bicyclic) bond motifs is 1. The van der Waals surface area contributed by atoms with Crippen molar-refractivity contribution in [3.8, 4) is 11.4 Å². The highest BCUT2D eigenvalue weighted by Gasteiger charge is 2.22. The summed E-state index contributed by atoms with van der Waals surface area (Å²) in [7, 11) is -3.44. The molecule has 6 nitrogen and oxygen atoms in total. The van der Waals surface area contributed by atoms with Crippen molar-refractivity contribution in [1.29, 1.82) is 0 Å². The normalized spacial score (nSPS) is 14.3. The van der Waals surface area contributed by atoms with Crippen LogP contribution < -0.4 is 4.72 Å². The van der Waals surface area contributed by atoms with E-state index in [9.17, 15) is 8.42 Å². The quantitative estimate of drug-likeness (QED) is 0.704. The van der Waals surface area contributed by atoms with Crippen LogP contribution in [0.4, 0.5) is 0 Å². The van der Waals surface area contributed by atoms with Crippen molar-refractivity contribution in [2.75, 3.05) is 6.54 Å². The van der Waals surface area contributed by atoms with Gasteiger partial charge in [0.05, 0.1) is 12.2 Å². The monoisotopic (exact) mass is 388 g/mol. The molecular weight excluding hydrogens is 368 g/mol. The number of rotatable bonds is 6. The minimum atomic E-state index is -3.44. The van der Waals surface area contributed by atoms with Gasteiger partial charge in [-0.05, 0) is 49.3 Å². The number of hydrogen-bond acceptors (Lipinski definition) is 5. The van der Waals surface area contributed by atoms with Gasteiger partial charge >= 0.3 is 0 Å². The Morgan fingerprint density at radius 2 is 2.04 bits per heavy atom. The molecule has 0 aromatic carbocycles. The Kier molecular flexibility index (Phi) is 4.88. The first-order valence-electron chi connectivity index (χ1n) is 8.68. The molecule has 8 heteroatoms. The summed E-state index contributed by atoms with van der Waals surface area (Å²) in [6.07, 6.45) is 6.05. The van der Waals surface area contributed by atoms with Crippen molar-refractivity contribution in [3.63, 3.8) is 0 Å². The van der Waals surface area contributed by atoms with Crippen molar-refractivity contribution >= 4 is 21.4 Å². The molecule has 0 fully saturated rings. The maximum Gasteiger partial charge on any atom is 0.250 e. The molecule has 0 radical (unpaired) electrons. The minimum absolute atomic E-state index is 0.315. The summed E-state index contributed by atoms with van der Waals surface area (Å²) < 4.78 is 29.5. The van der Waals surface area contributed by atoms with E-state index in [1.807, 2.05) is 22.9 Å². The second-order valence-electron chi connectivity index (χ2n) is 6.25. The van der Waals surface area contributed by atoms with E-state index in [4.69, 9.17) is 5.10 Å². The Morgan fingerprint density at radius 1 is 1.15 bits per heavy atom. The molecule has 0 spiro atoms. The summed E-state index contributed by atoms with van der Waals surface area (Å²) in [5.41, 5.74) is 4.29. The van der Waals surface area contributed by atoms with E-state index >= 15 is 0 Å². The molecule has 0 amide bonds. The van der Waals surface area contributed by atoms with Crippen LogP contribution in [0.3, 0.4) is 0 Å². The van der Waals surface area contributed by atoms with Gasteiger partial charge in [0.25, 0.3) is 0 Å². The molecule has 1 aliphatic rings. The van der Waals surface area contributed by atoms with Crippen LogP contribution in [0.1, 0.15) is 24.1 Å². The lowest BCUT2D eigenvalue weighted by Gasteiger charge is -2.14. The number of thiophene rings is 1. The summed E-state index contributed by atoms with van der Waals surface area (Å²) in [5.74, 6) is 0. The molecule has 3 aromatic heterocycles. The Hall–Kier alpha value is -2.03. The van der Waals surface area contributed by atoms with Crippen LogP contribution in [0.5, 0.6) is 0 Å². The molecule has 0 saturated carbocycles. The van der Waals surface area contributed by atoms with Gasteiger partial charge in [-0.3, -0.25) is 9.67 Å². The summed E-state index contributed by atoms with van der Waals surface area (Å²) in [4.78, 5) is 4.44. The van der Waals surface area contributed by atoms with Gasteiger partial charge in [0, 0.05) is 24.0 Å². The van der Waals surface area contributed by atoms with Gasteiger partial charge in [0.1, 0.15) is 9.90 Å². The van der Waals surface area contributed by atoms with E-state index < -0.39 is 10.0 Å². The zero-order chi connectivity index (χ0) is 18.0. The maximum absolute atomic E-state index is 12.3. The van der Waals surface area contributed by atoms with E-state index in [-0.39, 0.29) is 0 Å². The van der Waals surface area contributed by atoms with Crippen LogP contribution in [0.25, 0.3) is 11.4 Å². The van der Waals surface area contributed by atoms with Gasteiger partial charge in [0.2, 0.25) is 10.0 Å². The number of aromatic nitrogens is 3. The fourth-order valence-electron chi connectivity index (χ4n) is 3.34. The van der Waals surface area contributed by atoms with E-state index in [0.717, 1.165) is 37.1 Å². The van der Waals surface area contributed by atoms with Crippen LogP contribution in [0.2, 0.25) is 0 Å². The second kappa shape index (κ2) is 7.30. The molecule has 26 heavy (non-hydrogen) atoms. The third kappa shape index (κ3) is 3.44. The van der Waals surface area contributed by atoms with Gasteiger partial charge in [-0.25, -0.2) is 13.1 Å². The molecule has 0 atom stereocenters. The molecule has 0 aliphatic heterocycles. The number of nitrogens with one attached hydrogen (secondary N) is 1. The summed E-state index contributed by atoms with van der Waals surface area (Å²) >= 11 is 1.22. The van der Waals surface area contributed by atoms with E-state index in [0.29, 0.717) is 17.3 Å². The van der Waals surface area contributed by atoms with Crippen molar-refractivity contribution in [2.24, 2.45) is 0 Å². The third-order valence-electron chi connectivity index (χ3n) is 4.54. The van der Waals surface area contributed by atoms with Gasteiger partial charge in [-0.1, -0.05) is 12.1 Å². The Balaban J connectivity index is 1.55. The topological polar surface area (TPSA) is 76.9 Å². The summed E-state index contributed by atoms with van der Waals surface area (Å²) in [6, 6.07) is 9.18. The lowest BCUT2D eigenvalue weighted by molar-refractivity contribution is 0.539. The number of hydrogen-bond donors (Lipinski definition) is 1. The first-order valence-corrected chi connectivity index (χ1v) is 11.0. The standard InChI is InChI=1S/C18H20N4O2S2/c23-26(24,17-9-5-13-25-17)20-11-12-22-16-8-2-1-6-14(16)18(21-22)15-7-3-4-10-19-15/h3-5,7,9-10,13,20H,1-2,6,8,11-12H2. The molecule has 136 valence electrons. The lowest BCUT2D eigenvalue weighted by atomic mass is 9.95. The maximum atomic E-state index is 12.3. The zero-order valence-electron chi connectivity index (χ0n) is 14.3. The summed E-state index contributed by atoms with van der Waals surface area (Å²) in [5, 5.41) is 6.53. The minimum Gasteiger partial charge on any atom is -0.267 e. The average molecular weight is 389 g/mol. The first-order chi connectivity index (χ1) is 12.6. The molecule has 1 N–H and O–H groups in total. The smallest absolute Gasteiger partial charge is 0.250 e. The zero-order valence-corrected chi connectivity index (χ0v) is 15.9. The van der Waals surface area contributed by atoms with Gasteiger partial charge < -0.3 is 0 Å². The fraction of sp³-hybridized carbons (Fsp3) is 0.333. The highest BCUT2D eigenvalue weighted by atomic mass is 32.2. The van der Waals surface area contributed by atoms with Crippen LogP contribution >= 0.6 is 11.3 Å². The first kappa shape index (κ1) is 17.4. The van der Waals surface area contributed by atoms with Crippen molar-refractivity contribution < 1.29 is 8.42 Å². The van der Waals surface area contributed by atoms with Crippen LogP contribution in [0.15, 0.2) is 46.1 Å². The van der Waals surface area contributed by atoms with Crippen LogP contribution in [0, 0.1) is 0 Å². The number of pyridine rings is 1. The SMILES string of the molecule is O=S(=O)(NCCn1nc(-c2ccccn2)c2c1CCCC2)c1cccs1. The highest BCUT2D eigenvalue weighted by Crippen LogP contribution is 2.30. The Morgan fingerprint density at radius 3 is 2.81 bits per heavy atom. The third-order valence-corrected chi connectivity index (χ3v) is 7.40. The molecule has 0 unspecified atom stereocenters. The van der Waals surface area contributed by atoms with E-state index in [1.54, 1.807) is 23.7 Å². The van der Waals surface area contributed by atoms with Crippen molar-refractivity contribution in [2.45, 2.75) is 36.4 Å². The molecule has 4 rings (SSSR count). The van der Waals surface area contributed by atoms with Gasteiger partial charge in [0.15, 0.2) is 0 Å². The second-order valence-corrected chi connectivity index (χ2v) is 9.19. The van der Waals surface area contributed by atoms with Gasteiger partial charge in [-0.15, -0.1) is 11.3 Å². The van der Waals surface area contributed by atoms with Crippen LogP contribution in [-0.2, 0) is 29.4 Å². The fourth-order valence-corrected chi connectivity index (χ4v) is 5.40. The largest absolute Gasteiger partial charge is 0.267 e. The summed E-state index contributed by atoms with van der Waals surface area (Å²) in [6.45, 7) is 0.829. The Labute approximate surface area is 157 Å². The molecule has 1 aliphatic carbocycles. The predicted molar refractivity (Wildman–Crippen MR) is 102 cm³/mol. The number of sulfonamides is 1. The van der Waals surface area contributed by atoms with Crippen LogP contribution in [-0.4, -0.2) is 29.7 Å². The molecule has 3 aromatic rings. The lowest BCUT2D eigenvalue weighted by Crippen LogP contribution is -2.27. The molecule has 0 saturated heterocycles. The van der Waals surface area contributed by atoms with Crippen molar-refractivity contribution in [3.05, 3.63) is 53.2 Å². The van der Waals surface area contributed by atoms with Crippen molar-refractivity contribution in [1.82, 2.24) is 19.5 Å². The molecule has 0 bridgehead atoms. The molecular formula is C18H20N4O2S2. The van der Waals surface area contributed by atoms with E-state index in [1.165, 1.54) is 22.6 Å². The van der Waals surface area contributed by atoms with Gasteiger partial charge in [-0.2, -0.15) is 5.10 Å².